The summed E-state index contributed by atoms with van der Waals surface area (Å²) in [4.78, 5) is 34.7. The van der Waals surface area contributed by atoms with Crippen LogP contribution < -0.4 is 10.2 Å². The highest BCUT2D eigenvalue weighted by Crippen LogP contribution is 2.17. The number of nitrogens with one attached hydrogen (secondary N) is 1. The van der Waals surface area contributed by atoms with Crippen molar-refractivity contribution in [1.29, 1.82) is 0 Å². The average Bonchev–Trinajstić information content (AvgIpc) is 2.33. The van der Waals surface area contributed by atoms with Crippen molar-refractivity contribution in [2.75, 3.05) is 18.0 Å². The number of benzene rings is 1. The number of carbonyl (C=O) groups is 3. The number of aliphatic carboxylic acids is 1. The molecular formula is C12H12N2O4. The molecule has 0 atom stereocenters. The van der Waals surface area contributed by atoms with Crippen LogP contribution in [0.25, 0.3) is 0 Å². The summed E-state index contributed by atoms with van der Waals surface area (Å²) in [6.45, 7) is 0.838. The highest BCUT2D eigenvalue weighted by molar-refractivity contribution is 6.41. The topological polar surface area (TPSA) is 86.7 Å². The third-order valence-electron chi connectivity index (χ3n) is 2.66. The van der Waals surface area contributed by atoms with E-state index in [0.29, 0.717) is 24.3 Å². The Morgan fingerprint density at radius 1 is 1.28 bits per heavy atom. The summed E-state index contributed by atoms with van der Waals surface area (Å²) in [5.41, 5.74) is 1.25. The minimum absolute atomic E-state index is 0.0608. The van der Waals surface area contributed by atoms with E-state index in [2.05, 4.69) is 5.32 Å². The zero-order valence-corrected chi connectivity index (χ0v) is 9.55. The molecule has 2 N–H and O–H groups in total. The van der Waals surface area contributed by atoms with Gasteiger partial charge in [0.05, 0.1) is 6.42 Å². The molecule has 1 fully saturated rings. The minimum atomic E-state index is -0.906. The Balaban J connectivity index is 2.16. The Bertz CT molecular complexity index is 495. The lowest BCUT2D eigenvalue weighted by Crippen LogP contribution is -2.52. The summed E-state index contributed by atoms with van der Waals surface area (Å²) < 4.78 is 0. The van der Waals surface area contributed by atoms with Crippen molar-refractivity contribution in [2.24, 2.45) is 0 Å². The van der Waals surface area contributed by atoms with Gasteiger partial charge in [0.2, 0.25) is 0 Å². The standard InChI is InChI=1S/C12H12N2O4/c15-10(16)7-8-1-3-9(4-2-8)14-6-5-13-11(17)12(14)18/h1-4H,5-7H2,(H,13,17)(H,15,16). The van der Waals surface area contributed by atoms with E-state index in [-0.39, 0.29) is 6.42 Å². The van der Waals surface area contributed by atoms with Crippen molar-refractivity contribution in [2.45, 2.75) is 6.42 Å². The molecule has 0 unspecified atom stereocenters. The number of hydrogen-bond donors (Lipinski definition) is 2. The van der Waals surface area contributed by atoms with Crippen LogP contribution in [0.5, 0.6) is 0 Å². The van der Waals surface area contributed by atoms with Crippen LogP contribution >= 0.6 is 0 Å². The number of nitrogens with zero attached hydrogens (tertiary/aromatic N) is 1. The van der Waals surface area contributed by atoms with Gasteiger partial charge in [-0.15, -0.1) is 0 Å². The van der Waals surface area contributed by atoms with Gasteiger partial charge in [-0.3, -0.25) is 14.4 Å². The quantitative estimate of drug-likeness (QED) is 0.724. The Morgan fingerprint density at radius 3 is 2.56 bits per heavy atom. The molecule has 2 amide bonds. The maximum absolute atomic E-state index is 11.6. The summed E-state index contributed by atoms with van der Waals surface area (Å²) in [7, 11) is 0. The van der Waals surface area contributed by atoms with E-state index >= 15 is 0 Å². The number of anilines is 1. The molecule has 18 heavy (non-hydrogen) atoms. The molecule has 94 valence electrons. The molecule has 6 heteroatoms. The van der Waals surface area contributed by atoms with Gasteiger partial charge >= 0.3 is 17.8 Å². The van der Waals surface area contributed by atoms with E-state index in [9.17, 15) is 14.4 Å². The van der Waals surface area contributed by atoms with Crippen LogP contribution in [-0.4, -0.2) is 36.0 Å². The number of carboxylic acids is 1. The normalized spacial score (nSPS) is 15.4. The molecule has 6 nitrogen and oxygen atoms in total. The number of amides is 2. The van der Waals surface area contributed by atoms with Crippen molar-refractivity contribution in [3.05, 3.63) is 29.8 Å². The lowest BCUT2D eigenvalue weighted by Gasteiger charge is -2.26. The van der Waals surface area contributed by atoms with Crippen molar-refractivity contribution in [3.8, 4) is 0 Å². The fraction of sp³-hybridized carbons (Fsp3) is 0.250. The van der Waals surface area contributed by atoms with Gasteiger partial charge in [0.25, 0.3) is 0 Å². The summed E-state index contributed by atoms with van der Waals surface area (Å²) in [6.07, 6.45) is -0.0608. The van der Waals surface area contributed by atoms with E-state index in [1.807, 2.05) is 0 Å². The molecule has 1 aromatic rings. The number of carboxylic acid groups (broad SMARTS) is 1. The number of carbonyl (C=O) groups excluding carboxylic acids is 2. The lowest BCUT2D eigenvalue weighted by molar-refractivity contribution is -0.138. The third-order valence-corrected chi connectivity index (χ3v) is 2.66. The minimum Gasteiger partial charge on any atom is -0.481 e. The van der Waals surface area contributed by atoms with Gasteiger partial charge in [-0.05, 0) is 17.7 Å². The van der Waals surface area contributed by atoms with E-state index in [1.54, 1.807) is 24.3 Å². The van der Waals surface area contributed by atoms with Gasteiger partial charge in [0, 0.05) is 18.8 Å². The molecule has 0 aromatic heterocycles. The predicted octanol–water partition coefficient (Wildman–Crippen LogP) is -0.223. The van der Waals surface area contributed by atoms with Crippen molar-refractivity contribution in [3.63, 3.8) is 0 Å². The van der Waals surface area contributed by atoms with Gasteiger partial charge in [-0.1, -0.05) is 12.1 Å². The molecule has 0 saturated carbocycles. The van der Waals surface area contributed by atoms with Crippen LogP contribution in [0.4, 0.5) is 5.69 Å². The molecule has 2 rings (SSSR count). The molecule has 1 aromatic carbocycles. The summed E-state index contributed by atoms with van der Waals surface area (Å²) >= 11 is 0. The monoisotopic (exact) mass is 248 g/mol. The van der Waals surface area contributed by atoms with E-state index in [4.69, 9.17) is 5.11 Å². The fourth-order valence-electron chi connectivity index (χ4n) is 1.80. The zero-order valence-electron chi connectivity index (χ0n) is 9.55. The number of hydrogen-bond acceptors (Lipinski definition) is 3. The maximum atomic E-state index is 11.6. The second-order valence-corrected chi connectivity index (χ2v) is 3.95. The Kier molecular flexibility index (Phi) is 3.27. The molecule has 0 bridgehead atoms. The first-order valence-corrected chi connectivity index (χ1v) is 5.48. The van der Waals surface area contributed by atoms with Gasteiger partial charge in [0.1, 0.15) is 0 Å². The zero-order chi connectivity index (χ0) is 13.1. The highest BCUT2D eigenvalue weighted by atomic mass is 16.4. The SMILES string of the molecule is O=C(O)Cc1ccc(N2CCNC(=O)C2=O)cc1. The largest absolute Gasteiger partial charge is 0.481 e. The molecule has 0 radical (unpaired) electrons. The average molecular weight is 248 g/mol. The van der Waals surface area contributed by atoms with Crippen LogP contribution in [-0.2, 0) is 20.8 Å². The first-order chi connectivity index (χ1) is 8.58. The lowest BCUT2D eigenvalue weighted by atomic mass is 10.1. The molecule has 0 aliphatic carbocycles. The van der Waals surface area contributed by atoms with Crippen LogP contribution in [0.2, 0.25) is 0 Å². The first kappa shape index (κ1) is 12.1. The molecule has 0 spiro atoms. The van der Waals surface area contributed by atoms with Crippen LogP contribution in [0.3, 0.4) is 0 Å². The van der Waals surface area contributed by atoms with Crippen LogP contribution in [0, 0.1) is 0 Å². The fourth-order valence-corrected chi connectivity index (χ4v) is 1.80. The van der Waals surface area contributed by atoms with Crippen LogP contribution in [0.15, 0.2) is 24.3 Å². The van der Waals surface area contributed by atoms with Crippen LogP contribution in [0.1, 0.15) is 5.56 Å². The van der Waals surface area contributed by atoms with E-state index < -0.39 is 17.8 Å². The second kappa shape index (κ2) is 4.87. The third kappa shape index (κ3) is 2.48. The summed E-state index contributed by atoms with van der Waals surface area (Å²) in [6, 6.07) is 6.58. The summed E-state index contributed by atoms with van der Waals surface area (Å²) in [5, 5.41) is 11.1. The molecular weight excluding hydrogens is 236 g/mol. The Hall–Kier alpha value is -2.37. The molecule has 1 saturated heterocycles. The van der Waals surface area contributed by atoms with E-state index in [1.165, 1.54) is 4.90 Å². The smallest absolute Gasteiger partial charge is 0.316 e. The summed E-state index contributed by atoms with van der Waals surface area (Å²) in [5.74, 6) is -2.11. The molecule has 1 heterocycles. The highest BCUT2D eigenvalue weighted by Gasteiger charge is 2.26. The van der Waals surface area contributed by atoms with Gasteiger partial charge < -0.3 is 15.3 Å². The van der Waals surface area contributed by atoms with Crippen molar-refractivity contribution < 1.29 is 19.5 Å². The maximum Gasteiger partial charge on any atom is 0.316 e. The Labute approximate surface area is 103 Å². The van der Waals surface area contributed by atoms with Crippen molar-refractivity contribution >= 4 is 23.5 Å². The number of rotatable bonds is 3. The van der Waals surface area contributed by atoms with Crippen molar-refractivity contribution in [1.82, 2.24) is 5.32 Å². The first-order valence-electron chi connectivity index (χ1n) is 5.48. The predicted molar refractivity (Wildman–Crippen MR) is 63.1 cm³/mol. The van der Waals surface area contributed by atoms with Gasteiger partial charge in [-0.2, -0.15) is 0 Å². The second-order valence-electron chi connectivity index (χ2n) is 3.95. The van der Waals surface area contributed by atoms with E-state index in [0.717, 1.165) is 0 Å². The van der Waals surface area contributed by atoms with Gasteiger partial charge in [0.15, 0.2) is 0 Å². The molecule has 1 aliphatic rings. The molecule has 1 aliphatic heterocycles. The van der Waals surface area contributed by atoms with Gasteiger partial charge in [-0.25, -0.2) is 0 Å². The number of piperazine rings is 1. The Morgan fingerprint density at radius 2 is 1.94 bits per heavy atom.